The fraction of sp³-hybridized carbons (Fsp3) is 0.389. The summed E-state index contributed by atoms with van der Waals surface area (Å²) in [7, 11) is 3.47. The van der Waals surface area contributed by atoms with E-state index in [1.807, 2.05) is 13.1 Å². The highest BCUT2D eigenvalue weighted by Gasteiger charge is 2.44. The normalized spacial score (nSPS) is 19.7. The quantitative estimate of drug-likeness (QED) is 0.532. The smallest absolute Gasteiger partial charge is 0.268 e. The Morgan fingerprint density at radius 2 is 2.23 bits per heavy atom. The van der Waals surface area contributed by atoms with E-state index in [2.05, 4.69) is 15.7 Å². The molecule has 0 aromatic carbocycles. The van der Waals surface area contributed by atoms with Gasteiger partial charge in [-0.05, 0) is 37.1 Å². The van der Waals surface area contributed by atoms with Gasteiger partial charge in [-0.2, -0.15) is 5.10 Å². The van der Waals surface area contributed by atoms with Gasteiger partial charge in [-0.15, -0.1) is 0 Å². The number of carbonyl (C=O) groups excluding carboxylic acids is 1. The third-order valence-corrected chi connectivity index (χ3v) is 4.58. The number of hydrogen-bond acceptors (Lipinski definition) is 6. The van der Waals surface area contributed by atoms with Crippen molar-refractivity contribution in [3.05, 3.63) is 53.2 Å². The van der Waals surface area contributed by atoms with E-state index in [-0.39, 0.29) is 23.9 Å². The molecular weight excluding hydrogens is 334 g/mol. The van der Waals surface area contributed by atoms with Crippen LogP contribution >= 0.6 is 0 Å². The van der Waals surface area contributed by atoms with Crippen LogP contribution in [-0.2, 0) is 23.2 Å². The first-order chi connectivity index (χ1) is 12.5. The summed E-state index contributed by atoms with van der Waals surface area (Å²) in [5, 5.41) is 27.4. The van der Waals surface area contributed by atoms with E-state index < -0.39 is 5.54 Å². The second-order valence-corrected chi connectivity index (χ2v) is 6.46. The van der Waals surface area contributed by atoms with Crippen molar-refractivity contribution in [1.82, 2.24) is 20.4 Å². The largest absolute Gasteiger partial charge is 0.487 e. The number of carbonyl (C=O) groups is 1. The van der Waals surface area contributed by atoms with E-state index in [1.165, 1.54) is 0 Å². The summed E-state index contributed by atoms with van der Waals surface area (Å²) < 4.78 is 7.50. The molecule has 0 bridgehead atoms. The lowest BCUT2D eigenvalue weighted by atomic mass is 10.0. The van der Waals surface area contributed by atoms with Gasteiger partial charge in [0.25, 0.3) is 5.91 Å². The Kier molecular flexibility index (Phi) is 4.94. The fourth-order valence-corrected chi connectivity index (χ4v) is 2.67. The van der Waals surface area contributed by atoms with Crippen molar-refractivity contribution in [3.63, 3.8) is 0 Å². The van der Waals surface area contributed by atoms with Gasteiger partial charge in [-0.25, -0.2) is 0 Å². The van der Waals surface area contributed by atoms with E-state index in [1.54, 1.807) is 36.2 Å². The summed E-state index contributed by atoms with van der Waals surface area (Å²) in [6.45, 7) is 0.249. The average molecular weight is 357 g/mol. The summed E-state index contributed by atoms with van der Waals surface area (Å²) in [6.07, 6.45) is 8.17. The van der Waals surface area contributed by atoms with E-state index in [4.69, 9.17) is 10.1 Å². The maximum Gasteiger partial charge on any atom is 0.268 e. The zero-order chi connectivity index (χ0) is 18.7. The van der Waals surface area contributed by atoms with Crippen LogP contribution in [-0.4, -0.2) is 45.7 Å². The summed E-state index contributed by atoms with van der Waals surface area (Å²) in [6, 6.07) is 1.86. The van der Waals surface area contributed by atoms with Gasteiger partial charge >= 0.3 is 0 Å². The third kappa shape index (κ3) is 3.70. The minimum atomic E-state index is -0.519. The number of aromatic nitrogens is 2. The monoisotopic (exact) mass is 357 g/mol. The number of likely N-dealkylation sites (N-methyl/N-ethyl adjacent to an activating group) is 1. The SMILES string of the molecule is CN/C(C(=O)NC1(CO)CC1)=C1/C=C(OCc2ccnn2C)C=CC1=N. The lowest BCUT2D eigenvalue weighted by Gasteiger charge is -2.19. The summed E-state index contributed by atoms with van der Waals surface area (Å²) in [5.41, 5.74) is 1.33. The zero-order valence-corrected chi connectivity index (χ0v) is 14.9. The number of amides is 1. The standard InChI is InChI=1S/C18H23N5O3/c1-20-16(17(25)22-18(11-24)6-7-18)14-9-13(3-4-15(14)19)26-10-12-5-8-21-23(12)2/h3-5,8-9,19-20,24H,6-7,10-11H2,1-2H3,(H,22,25)/b16-14-,19-15?. The van der Waals surface area contributed by atoms with Crippen LogP contribution in [0.15, 0.2) is 47.5 Å². The molecule has 8 heteroatoms. The molecule has 2 aliphatic carbocycles. The summed E-state index contributed by atoms with van der Waals surface area (Å²) >= 11 is 0. The summed E-state index contributed by atoms with van der Waals surface area (Å²) in [4.78, 5) is 12.6. The van der Waals surface area contributed by atoms with Gasteiger partial charge in [-0.3, -0.25) is 9.48 Å². The Bertz CT molecular complexity index is 815. The molecule has 8 nitrogen and oxygen atoms in total. The molecule has 0 saturated heterocycles. The molecular formula is C18H23N5O3. The van der Waals surface area contributed by atoms with Crippen LogP contribution in [0.2, 0.25) is 0 Å². The maximum atomic E-state index is 12.6. The van der Waals surface area contributed by atoms with Gasteiger partial charge in [0, 0.05) is 25.9 Å². The van der Waals surface area contributed by atoms with Gasteiger partial charge in [-0.1, -0.05) is 0 Å². The number of aryl methyl sites for hydroxylation is 1. The number of hydrogen-bond donors (Lipinski definition) is 4. The molecule has 1 fully saturated rings. The lowest BCUT2D eigenvalue weighted by Crippen LogP contribution is -2.43. The molecule has 1 saturated carbocycles. The van der Waals surface area contributed by atoms with Crippen LogP contribution in [0.3, 0.4) is 0 Å². The van der Waals surface area contributed by atoms with Crippen LogP contribution in [0.25, 0.3) is 0 Å². The molecule has 1 aromatic rings. The fourth-order valence-electron chi connectivity index (χ4n) is 2.67. The average Bonchev–Trinajstić information content (AvgIpc) is 3.28. The van der Waals surface area contributed by atoms with Crippen molar-refractivity contribution in [1.29, 1.82) is 5.41 Å². The second-order valence-electron chi connectivity index (χ2n) is 6.46. The number of aliphatic hydroxyl groups is 1. The van der Waals surface area contributed by atoms with Gasteiger partial charge in [0.2, 0.25) is 0 Å². The van der Waals surface area contributed by atoms with Crippen LogP contribution in [0.5, 0.6) is 0 Å². The Balaban J connectivity index is 1.78. The zero-order valence-electron chi connectivity index (χ0n) is 14.9. The highest BCUT2D eigenvalue weighted by atomic mass is 16.5. The molecule has 1 amide bonds. The summed E-state index contributed by atoms with van der Waals surface area (Å²) in [5.74, 6) is 0.220. The molecule has 2 aliphatic rings. The van der Waals surface area contributed by atoms with Crippen LogP contribution in [0, 0.1) is 5.41 Å². The predicted molar refractivity (Wildman–Crippen MR) is 96.2 cm³/mol. The van der Waals surface area contributed by atoms with Gasteiger partial charge in [0.1, 0.15) is 18.1 Å². The number of nitrogens with one attached hydrogen (secondary N) is 3. The Labute approximate surface area is 151 Å². The minimum Gasteiger partial charge on any atom is -0.487 e. The molecule has 4 N–H and O–H groups in total. The molecule has 1 heterocycles. The second kappa shape index (κ2) is 7.17. The molecule has 0 unspecified atom stereocenters. The first-order valence-electron chi connectivity index (χ1n) is 8.42. The van der Waals surface area contributed by atoms with Crippen LogP contribution < -0.4 is 10.6 Å². The van der Waals surface area contributed by atoms with E-state index in [9.17, 15) is 9.90 Å². The first-order valence-corrected chi connectivity index (χ1v) is 8.42. The maximum absolute atomic E-state index is 12.6. The Morgan fingerprint density at radius 3 is 2.81 bits per heavy atom. The van der Waals surface area contributed by atoms with Crippen molar-refractivity contribution in [2.75, 3.05) is 13.7 Å². The van der Waals surface area contributed by atoms with Gasteiger partial charge in [0.05, 0.1) is 23.6 Å². The van der Waals surface area contributed by atoms with Crippen molar-refractivity contribution >= 4 is 11.6 Å². The lowest BCUT2D eigenvalue weighted by molar-refractivity contribution is -0.119. The third-order valence-electron chi connectivity index (χ3n) is 4.58. The highest BCUT2D eigenvalue weighted by molar-refractivity contribution is 6.14. The molecule has 26 heavy (non-hydrogen) atoms. The van der Waals surface area contributed by atoms with Crippen molar-refractivity contribution in [2.24, 2.45) is 7.05 Å². The molecule has 1 aromatic heterocycles. The van der Waals surface area contributed by atoms with Crippen molar-refractivity contribution < 1.29 is 14.6 Å². The molecule has 0 aliphatic heterocycles. The Hall–Kier alpha value is -2.87. The number of aliphatic hydroxyl groups excluding tert-OH is 1. The van der Waals surface area contributed by atoms with E-state index in [0.29, 0.717) is 17.9 Å². The molecule has 138 valence electrons. The molecule has 3 rings (SSSR count). The first kappa shape index (κ1) is 17.9. The van der Waals surface area contributed by atoms with Gasteiger partial charge < -0.3 is 25.9 Å². The molecule has 0 radical (unpaired) electrons. The van der Waals surface area contributed by atoms with E-state index >= 15 is 0 Å². The number of allylic oxidation sites excluding steroid dienone is 4. The molecule has 0 spiro atoms. The Morgan fingerprint density at radius 1 is 1.46 bits per heavy atom. The van der Waals surface area contributed by atoms with E-state index in [0.717, 1.165) is 18.5 Å². The number of ether oxygens (including phenoxy) is 1. The number of nitrogens with zero attached hydrogens (tertiary/aromatic N) is 2. The highest BCUT2D eigenvalue weighted by Crippen LogP contribution is 2.34. The van der Waals surface area contributed by atoms with Crippen molar-refractivity contribution in [2.45, 2.75) is 25.0 Å². The van der Waals surface area contributed by atoms with Gasteiger partial charge in [0.15, 0.2) is 0 Å². The van der Waals surface area contributed by atoms with Crippen molar-refractivity contribution in [3.8, 4) is 0 Å². The predicted octanol–water partition coefficient (Wildman–Crippen LogP) is 0.525. The topological polar surface area (TPSA) is 112 Å². The van der Waals surface area contributed by atoms with Crippen LogP contribution in [0.1, 0.15) is 18.5 Å². The number of rotatable bonds is 7. The minimum absolute atomic E-state index is 0.0860. The van der Waals surface area contributed by atoms with Crippen LogP contribution in [0.4, 0.5) is 0 Å². The molecule has 0 atom stereocenters.